The minimum atomic E-state index is -4.34. The first-order chi connectivity index (χ1) is 14.5. The van der Waals surface area contributed by atoms with E-state index in [1.807, 2.05) is 24.3 Å². The molecule has 2 aromatic carbocycles. The summed E-state index contributed by atoms with van der Waals surface area (Å²) in [5.74, 6) is 0. The molecule has 30 heavy (non-hydrogen) atoms. The fourth-order valence-electron chi connectivity index (χ4n) is 4.08. The van der Waals surface area contributed by atoms with Gasteiger partial charge in [-0.2, -0.15) is 13.2 Å². The van der Waals surface area contributed by atoms with E-state index >= 15 is 0 Å². The van der Waals surface area contributed by atoms with Crippen LogP contribution in [-0.2, 0) is 6.18 Å². The van der Waals surface area contributed by atoms with Gasteiger partial charge in [-0.05, 0) is 43.3 Å². The second-order valence-electron chi connectivity index (χ2n) is 7.66. The number of alkyl halides is 3. The highest BCUT2D eigenvalue weighted by Gasteiger charge is 2.33. The summed E-state index contributed by atoms with van der Waals surface area (Å²) in [5, 5.41) is 9.07. The lowest BCUT2D eigenvalue weighted by Gasteiger charge is -2.36. The Hall–Kier alpha value is -1.74. The summed E-state index contributed by atoms with van der Waals surface area (Å²) in [7, 11) is 0. The number of anilines is 2. The highest BCUT2D eigenvalue weighted by molar-refractivity contribution is 7.99. The lowest BCUT2D eigenvalue weighted by Crippen LogP contribution is -2.47. The Morgan fingerprint density at radius 3 is 2.20 bits per heavy atom. The van der Waals surface area contributed by atoms with Gasteiger partial charge >= 0.3 is 6.18 Å². The lowest BCUT2D eigenvalue weighted by molar-refractivity contribution is -0.137. The molecular formula is C22H26F3N3OS. The number of aliphatic hydroxyl groups excluding tert-OH is 1. The number of nitrogens with zero attached hydrogens (tertiary/aromatic N) is 3. The topological polar surface area (TPSA) is 30.0 Å². The lowest BCUT2D eigenvalue weighted by atomic mass is 10.1. The number of halogens is 3. The summed E-state index contributed by atoms with van der Waals surface area (Å²) in [4.78, 5) is 8.49. The van der Waals surface area contributed by atoms with E-state index in [9.17, 15) is 13.2 Å². The molecular weight excluding hydrogens is 411 g/mol. The summed E-state index contributed by atoms with van der Waals surface area (Å²) < 4.78 is 39.6. The first-order valence-corrected chi connectivity index (χ1v) is 11.1. The molecule has 1 saturated heterocycles. The largest absolute Gasteiger partial charge is 0.416 e. The number of fused-ring (bicyclic) bond motifs is 2. The highest BCUT2D eigenvalue weighted by atomic mass is 32.2. The molecule has 2 aromatic rings. The minimum Gasteiger partial charge on any atom is -0.395 e. The van der Waals surface area contributed by atoms with Crippen molar-refractivity contribution in [2.24, 2.45) is 0 Å². The molecule has 2 heterocycles. The van der Waals surface area contributed by atoms with Crippen molar-refractivity contribution in [1.29, 1.82) is 0 Å². The quantitative estimate of drug-likeness (QED) is 0.728. The first-order valence-electron chi connectivity index (χ1n) is 10.3. The monoisotopic (exact) mass is 437 g/mol. The van der Waals surface area contributed by atoms with Gasteiger partial charge in [0.1, 0.15) is 0 Å². The molecule has 0 atom stereocenters. The summed E-state index contributed by atoms with van der Waals surface area (Å²) in [5.41, 5.74) is 1.30. The van der Waals surface area contributed by atoms with Crippen LogP contribution < -0.4 is 4.90 Å². The number of aliphatic hydroxyl groups is 1. The Morgan fingerprint density at radius 1 is 0.833 bits per heavy atom. The average molecular weight is 438 g/mol. The van der Waals surface area contributed by atoms with Crippen LogP contribution in [0.25, 0.3) is 0 Å². The predicted molar refractivity (Wildman–Crippen MR) is 114 cm³/mol. The minimum absolute atomic E-state index is 0.196. The average Bonchev–Trinajstić information content (AvgIpc) is 2.73. The van der Waals surface area contributed by atoms with Crippen LogP contribution in [0.3, 0.4) is 0 Å². The van der Waals surface area contributed by atoms with Gasteiger partial charge in [0, 0.05) is 49.1 Å². The van der Waals surface area contributed by atoms with E-state index in [0.717, 1.165) is 68.5 Å². The van der Waals surface area contributed by atoms with Gasteiger partial charge in [-0.15, -0.1) is 0 Å². The van der Waals surface area contributed by atoms with Gasteiger partial charge in [0.25, 0.3) is 0 Å². The van der Waals surface area contributed by atoms with Gasteiger partial charge in [0.15, 0.2) is 0 Å². The van der Waals surface area contributed by atoms with Gasteiger partial charge in [0.2, 0.25) is 0 Å². The molecule has 0 bridgehead atoms. The Morgan fingerprint density at radius 2 is 1.50 bits per heavy atom. The zero-order valence-corrected chi connectivity index (χ0v) is 17.6. The third kappa shape index (κ3) is 4.77. The molecule has 2 aliphatic rings. The normalized spacial score (nSPS) is 17.7. The van der Waals surface area contributed by atoms with Crippen molar-refractivity contribution in [3.63, 3.8) is 0 Å². The van der Waals surface area contributed by atoms with Crippen molar-refractivity contribution >= 4 is 23.1 Å². The smallest absolute Gasteiger partial charge is 0.395 e. The van der Waals surface area contributed by atoms with Crippen molar-refractivity contribution in [2.75, 3.05) is 57.3 Å². The van der Waals surface area contributed by atoms with Gasteiger partial charge < -0.3 is 14.9 Å². The maximum absolute atomic E-state index is 13.2. The summed E-state index contributed by atoms with van der Waals surface area (Å²) in [6.45, 7) is 6.53. The molecule has 0 radical (unpaired) electrons. The highest BCUT2D eigenvalue weighted by Crippen LogP contribution is 2.49. The van der Waals surface area contributed by atoms with Crippen molar-refractivity contribution in [2.45, 2.75) is 22.4 Å². The maximum atomic E-state index is 13.2. The molecule has 162 valence electrons. The summed E-state index contributed by atoms with van der Waals surface area (Å²) in [6.07, 6.45) is -3.41. The van der Waals surface area contributed by atoms with E-state index in [1.54, 1.807) is 6.07 Å². The number of rotatable bonds is 6. The molecule has 1 N–H and O–H groups in total. The van der Waals surface area contributed by atoms with Crippen LogP contribution in [0.15, 0.2) is 52.3 Å². The zero-order valence-electron chi connectivity index (χ0n) is 16.7. The Labute approximate surface area is 179 Å². The third-order valence-electron chi connectivity index (χ3n) is 5.69. The number of β-amino-alcohol motifs (C(OH)–C–C–N with tert-alkyl or cyclic N) is 1. The van der Waals surface area contributed by atoms with Crippen molar-refractivity contribution < 1.29 is 18.3 Å². The summed E-state index contributed by atoms with van der Waals surface area (Å²) >= 11 is 1.40. The van der Waals surface area contributed by atoms with Crippen LogP contribution in [0.1, 0.15) is 12.0 Å². The second-order valence-corrected chi connectivity index (χ2v) is 8.75. The van der Waals surface area contributed by atoms with Gasteiger partial charge in [-0.1, -0.05) is 23.9 Å². The Kier molecular flexibility index (Phi) is 6.57. The fourth-order valence-corrected chi connectivity index (χ4v) is 5.22. The molecule has 0 amide bonds. The van der Waals surface area contributed by atoms with Crippen molar-refractivity contribution in [3.8, 4) is 0 Å². The van der Waals surface area contributed by atoms with Crippen LogP contribution in [0, 0.1) is 0 Å². The van der Waals surface area contributed by atoms with E-state index in [2.05, 4.69) is 14.7 Å². The predicted octanol–water partition coefficient (Wildman–Crippen LogP) is 4.31. The van der Waals surface area contributed by atoms with E-state index in [-0.39, 0.29) is 6.61 Å². The maximum Gasteiger partial charge on any atom is 0.416 e. The third-order valence-corrected chi connectivity index (χ3v) is 6.80. The van der Waals surface area contributed by atoms with Gasteiger partial charge in [-0.3, -0.25) is 4.90 Å². The molecule has 4 nitrogen and oxygen atoms in total. The molecule has 0 saturated carbocycles. The number of para-hydroxylation sites is 1. The van der Waals surface area contributed by atoms with Crippen LogP contribution >= 0.6 is 11.8 Å². The van der Waals surface area contributed by atoms with E-state index in [0.29, 0.717) is 4.90 Å². The number of hydrogen-bond acceptors (Lipinski definition) is 5. The zero-order chi connectivity index (χ0) is 21.1. The number of benzene rings is 2. The summed E-state index contributed by atoms with van der Waals surface area (Å²) in [6, 6.07) is 12.0. The van der Waals surface area contributed by atoms with Crippen LogP contribution in [0.4, 0.5) is 24.5 Å². The first kappa shape index (κ1) is 21.5. The molecule has 4 rings (SSSR count). The molecule has 1 fully saturated rings. The molecule has 8 heteroatoms. The molecule has 0 aliphatic carbocycles. The number of hydrogen-bond donors (Lipinski definition) is 1. The second kappa shape index (κ2) is 9.18. The standard InChI is InChI=1S/C22H26F3N3OS/c23-22(24,25)17-6-7-19-21(16-17)30-20-5-2-1-4-18(20)28(19)9-3-8-26-10-12-27(13-11-26)14-15-29/h1-2,4-7,16,29H,3,8-15H2. The van der Waals surface area contributed by atoms with Crippen LogP contribution in [0.5, 0.6) is 0 Å². The fraction of sp³-hybridized carbons (Fsp3) is 0.455. The number of piperazine rings is 1. The van der Waals surface area contributed by atoms with Crippen molar-refractivity contribution in [3.05, 3.63) is 48.0 Å². The van der Waals surface area contributed by atoms with E-state index in [4.69, 9.17) is 5.11 Å². The van der Waals surface area contributed by atoms with Crippen LogP contribution in [0.2, 0.25) is 0 Å². The van der Waals surface area contributed by atoms with Crippen LogP contribution in [-0.4, -0.2) is 67.3 Å². The van der Waals surface area contributed by atoms with E-state index in [1.165, 1.54) is 23.9 Å². The Bertz CT molecular complexity index is 869. The van der Waals surface area contributed by atoms with Gasteiger partial charge in [-0.25, -0.2) is 0 Å². The molecule has 2 aliphatic heterocycles. The molecule has 0 spiro atoms. The SMILES string of the molecule is OCCN1CCN(CCCN2c3ccccc3Sc3cc(C(F)(F)F)ccc32)CC1. The molecule has 0 aromatic heterocycles. The van der Waals surface area contributed by atoms with Crippen molar-refractivity contribution in [1.82, 2.24) is 9.80 Å². The van der Waals surface area contributed by atoms with Gasteiger partial charge in [0.05, 0.1) is 23.5 Å². The Balaban J connectivity index is 1.45. The van der Waals surface area contributed by atoms with E-state index < -0.39 is 11.7 Å². The molecule has 0 unspecified atom stereocenters.